The van der Waals surface area contributed by atoms with Gasteiger partial charge in [0.1, 0.15) is 0 Å². The summed E-state index contributed by atoms with van der Waals surface area (Å²) in [6.07, 6.45) is 8.09. The van der Waals surface area contributed by atoms with Crippen LogP contribution in [0, 0.1) is 6.92 Å². The highest BCUT2D eigenvalue weighted by molar-refractivity contribution is 5.76. The predicted molar refractivity (Wildman–Crippen MR) is 92.4 cm³/mol. The molecule has 0 radical (unpaired) electrons. The Morgan fingerprint density at radius 3 is 2.58 bits per heavy atom. The van der Waals surface area contributed by atoms with Gasteiger partial charge in [0.15, 0.2) is 0 Å². The van der Waals surface area contributed by atoms with Crippen LogP contribution in [0.5, 0.6) is 0 Å². The van der Waals surface area contributed by atoms with Crippen molar-refractivity contribution in [1.29, 1.82) is 0 Å². The molecule has 1 aliphatic carbocycles. The third-order valence-corrected chi connectivity index (χ3v) is 4.56. The van der Waals surface area contributed by atoms with E-state index in [-0.39, 0.29) is 5.91 Å². The number of benzene rings is 1. The fourth-order valence-corrected chi connectivity index (χ4v) is 3.12. The van der Waals surface area contributed by atoms with Crippen LogP contribution in [0.25, 0.3) is 11.4 Å². The highest BCUT2D eigenvalue weighted by Gasteiger charge is 2.16. The van der Waals surface area contributed by atoms with Crippen molar-refractivity contribution in [2.75, 3.05) is 0 Å². The molecule has 128 valence electrons. The van der Waals surface area contributed by atoms with E-state index in [1.165, 1.54) is 31.2 Å². The van der Waals surface area contributed by atoms with Crippen LogP contribution in [0.15, 0.2) is 28.8 Å². The van der Waals surface area contributed by atoms with E-state index in [0.717, 1.165) is 18.4 Å². The van der Waals surface area contributed by atoms with Crippen LogP contribution >= 0.6 is 0 Å². The lowest BCUT2D eigenvalue weighted by Gasteiger charge is -2.15. The van der Waals surface area contributed by atoms with E-state index < -0.39 is 0 Å². The summed E-state index contributed by atoms with van der Waals surface area (Å²) in [7, 11) is 0. The molecule has 1 aromatic heterocycles. The smallest absolute Gasteiger partial charge is 0.227 e. The number of carbonyl (C=O) groups excluding carboxylic acids is 1. The van der Waals surface area contributed by atoms with Crippen LogP contribution in [-0.4, -0.2) is 22.1 Å². The first-order valence-corrected chi connectivity index (χ1v) is 8.90. The minimum atomic E-state index is 0.0805. The first kappa shape index (κ1) is 16.7. The highest BCUT2D eigenvalue weighted by atomic mass is 16.5. The predicted octanol–water partition coefficient (Wildman–Crippen LogP) is 3.82. The van der Waals surface area contributed by atoms with Gasteiger partial charge in [-0.15, -0.1) is 0 Å². The summed E-state index contributed by atoms with van der Waals surface area (Å²) in [6, 6.07) is 8.33. The van der Waals surface area contributed by atoms with Gasteiger partial charge in [0.05, 0.1) is 0 Å². The molecule has 1 aromatic carbocycles. The first-order chi connectivity index (χ1) is 11.7. The Kier molecular flexibility index (Phi) is 5.62. The molecule has 1 fully saturated rings. The quantitative estimate of drug-likeness (QED) is 0.848. The van der Waals surface area contributed by atoms with Gasteiger partial charge < -0.3 is 9.84 Å². The van der Waals surface area contributed by atoms with E-state index in [1.54, 1.807) is 0 Å². The van der Waals surface area contributed by atoms with E-state index in [4.69, 9.17) is 4.52 Å². The largest absolute Gasteiger partial charge is 0.353 e. The molecule has 0 unspecified atom stereocenters. The Morgan fingerprint density at radius 2 is 1.88 bits per heavy atom. The minimum Gasteiger partial charge on any atom is -0.353 e. The third kappa shape index (κ3) is 4.66. The van der Waals surface area contributed by atoms with Gasteiger partial charge in [-0.1, -0.05) is 60.7 Å². The number of hydrogen-bond acceptors (Lipinski definition) is 4. The second kappa shape index (κ2) is 8.08. The third-order valence-electron chi connectivity index (χ3n) is 4.56. The number of hydrogen-bond donors (Lipinski definition) is 1. The maximum atomic E-state index is 12.1. The fourth-order valence-electron chi connectivity index (χ4n) is 3.12. The SMILES string of the molecule is Cc1ccc(-c2noc(CCC(=O)NC3CCCCCC3)n2)cc1. The Morgan fingerprint density at radius 1 is 1.17 bits per heavy atom. The van der Waals surface area contributed by atoms with Crippen molar-refractivity contribution in [1.82, 2.24) is 15.5 Å². The number of nitrogens with zero attached hydrogens (tertiary/aromatic N) is 2. The van der Waals surface area contributed by atoms with Gasteiger partial charge >= 0.3 is 0 Å². The minimum absolute atomic E-state index is 0.0805. The summed E-state index contributed by atoms with van der Waals surface area (Å²) in [6.45, 7) is 2.04. The Hall–Kier alpha value is -2.17. The van der Waals surface area contributed by atoms with E-state index in [2.05, 4.69) is 15.5 Å². The number of amides is 1. The zero-order valence-corrected chi connectivity index (χ0v) is 14.3. The molecule has 0 bridgehead atoms. The number of rotatable bonds is 5. The van der Waals surface area contributed by atoms with E-state index >= 15 is 0 Å². The van der Waals surface area contributed by atoms with Crippen molar-refractivity contribution >= 4 is 5.91 Å². The average molecular weight is 327 g/mol. The summed E-state index contributed by atoms with van der Waals surface area (Å²) in [5.74, 6) is 1.17. The number of aryl methyl sites for hydroxylation is 2. The summed E-state index contributed by atoms with van der Waals surface area (Å²) < 4.78 is 5.27. The van der Waals surface area contributed by atoms with Crippen molar-refractivity contribution in [2.45, 2.75) is 64.3 Å². The van der Waals surface area contributed by atoms with E-state index in [0.29, 0.717) is 30.6 Å². The lowest BCUT2D eigenvalue weighted by atomic mass is 10.1. The van der Waals surface area contributed by atoms with Gasteiger partial charge in [0.25, 0.3) is 0 Å². The zero-order chi connectivity index (χ0) is 16.8. The van der Waals surface area contributed by atoms with Crippen LogP contribution < -0.4 is 5.32 Å². The number of nitrogens with one attached hydrogen (secondary N) is 1. The van der Waals surface area contributed by atoms with Crippen LogP contribution in [0.3, 0.4) is 0 Å². The van der Waals surface area contributed by atoms with Crippen LogP contribution in [0.4, 0.5) is 0 Å². The van der Waals surface area contributed by atoms with Crippen molar-refractivity contribution in [3.8, 4) is 11.4 Å². The van der Waals surface area contributed by atoms with Crippen molar-refractivity contribution in [2.24, 2.45) is 0 Å². The molecule has 0 saturated heterocycles. The van der Waals surface area contributed by atoms with E-state index in [1.807, 2.05) is 31.2 Å². The van der Waals surface area contributed by atoms with E-state index in [9.17, 15) is 4.79 Å². The molecule has 1 heterocycles. The highest BCUT2D eigenvalue weighted by Crippen LogP contribution is 2.18. The Bertz CT molecular complexity index is 656. The molecule has 5 heteroatoms. The van der Waals surface area contributed by atoms with Crippen molar-refractivity contribution in [3.05, 3.63) is 35.7 Å². The van der Waals surface area contributed by atoms with Crippen molar-refractivity contribution < 1.29 is 9.32 Å². The maximum absolute atomic E-state index is 12.1. The second-order valence-corrected chi connectivity index (χ2v) is 6.63. The zero-order valence-electron chi connectivity index (χ0n) is 14.3. The van der Waals surface area contributed by atoms with Gasteiger partial charge in [-0.2, -0.15) is 4.98 Å². The summed E-state index contributed by atoms with van der Waals surface area (Å²) in [5, 5.41) is 7.15. The van der Waals surface area contributed by atoms with Crippen molar-refractivity contribution in [3.63, 3.8) is 0 Å². The van der Waals surface area contributed by atoms with Gasteiger partial charge in [-0.3, -0.25) is 4.79 Å². The summed E-state index contributed by atoms with van der Waals surface area (Å²) in [4.78, 5) is 16.5. The average Bonchev–Trinajstić information content (AvgIpc) is 2.91. The standard InChI is InChI=1S/C19H25N3O2/c1-14-8-10-15(11-9-14)19-21-18(24-22-19)13-12-17(23)20-16-6-4-2-3-5-7-16/h8-11,16H,2-7,12-13H2,1H3,(H,20,23). The van der Waals surface area contributed by atoms with Gasteiger partial charge in [0.2, 0.25) is 17.6 Å². The molecular weight excluding hydrogens is 302 g/mol. The molecule has 1 N–H and O–H groups in total. The number of aromatic nitrogens is 2. The molecule has 0 spiro atoms. The second-order valence-electron chi connectivity index (χ2n) is 6.63. The molecule has 24 heavy (non-hydrogen) atoms. The lowest BCUT2D eigenvalue weighted by molar-refractivity contribution is -0.121. The Labute approximate surface area is 142 Å². The van der Waals surface area contributed by atoms with Crippen LogP contribution in [-0.2, 0) is 11.2 Å². The molecule has 0 aliphatic heterocycles. The topological polar surface area (TPSA) is 68.0 Å². The monoisotopic (exact) mass is 327 g/mol. The molecule has 5 nitrogen and oxygen atoms in total. The lowest BCUT2D eigenvalue weighted by Crippen LogP contribution is -2.34. The van der Waals surface area contributed by atoms with Crippen LogP contribution in [0.2, 0.25) is 0 Å². The van der Waals surface area contributed by atoms with Crippen LogP contribution in [0.1, 0.15) is 56.4 Å². The van der Waals surface area contributed by atoms with Gasteiger partial charge in [0, 0.05) is 24.4 Å². The van der Waals surface area contributed by atoms with Gasteiger partial charge in [-0.05, 0) is 19.8 Å². The molecule has 1 amide bonds. The molecule has 0 atom stereocenters. The fraction of sp³-hybridized carbons (Fsp3) is 0.526. The molecule has 2 aromatic rings. The molecule has 3 rings (SSSR count). The summed E-state index contributed by atoms with van der Waals surface area (Å²) >= 11 is 0. The summed E-state index contributed by atoms with van der Waals surface area (Å²) in [5.41, 5.74) is 2.12. The normalized spacial score (nSPS) is 15.9. The molecular formula is C19H25N3O2. The molecule has 1 aliphatic rings. The first-order valence-electron chi connectivity index (χ1n) is 8.90. The van der Waals surface area contributed by atoms with Gasteiger partial charge in [-0.25, -0.2) is 0 Å². The maximum Gasteiger partial charge on any atom is 0.227 e. The molecule has 1 saturated carbocycles. The Balaban J connectivity index is 1.49. The number of carbonyl (C=O) groups is 1.